The van der Waals surface area contributed by atoms with E-state index in [0.29, 0.717) is 0 Å². The summed E-state index contributed by atoms with van der Waals surface area (Å²) in [7, 11) is 0. The maximum atomic E-state index is 2.53. The Morgan fingerprint density at radius 2 is 0.755 bits per heavy atom. The third kappa shape index (κ3) is 4.61. The Balaban J connectivity index is 1.29. The summed E-state index contributed by atoms with van der Waals surface area (Å²) in [6, 6.07) is 73.6. The first-order valence-electron chi connectivity index (χ1n) is 18.4. The minimum atomic E-state index is 0.0313. The lowest BCUT2D eigenvalue weighted by molar-refractivity contribution is 1.27. The molecule has 53 heavy (non-hydrogen) atoms. The van der Waals surface area contributed by atoms with Crippen LogP contribution in [0.3, 0.4) is 0 Å². The number of anilines is 6. The van der Waals surface area contributed by atoms with Gasteiger partial charge in [0.1, 0.15) is 0 Å². The highest BCUT2D eigenvalue weighted by Crippen LogP contribution is 2.48. The number of fused-ring (bicyclic) bond motifs is 8. The highest BCUT2D eigenvalue weighted by atomic mass is 15.2. The molecular weight excluding hydrogens is 639 g/mol. The number of para-hydroxylation sites is 2. The first kappa shape index (κ1) is 29.9. The van der Waals surface area contributed by atoms with Crippen LogP contribution in [0.1, 0.15) is 0 Å². The van der Waals surface area contributed by atoms with Crippen LogP contribution in [-0.4, -0.2) is 6.71 Å². The molecule has 0 N–H and O–H groups in total. The Morgan fingerprint density at radius 1 is 0.321 bits per heavy atom. The second-order valence-electron chi connectivity index (χ2n) is 14.1. The molecule has 2 aliphatic rings. The summed E-state index contributed by atoms with van der Waals surface area (Å²) in [6.45, 7) is 0.0313. The van der Waals surface area contributed by atoms with Crippen molar-refractivity contribution < 1.29 is 0 Å². The van der Waals surface area contributed by atoms with Gasteiger partial charge in [-0.1, -0.05) is 158 Å². The van der Waals surface area contributed by atoms with Crippen LogP contribution in [0.25, 0.3) is 43.8 Å². The fourth-order valence-corrected chi connectivity index (χ4v) is 8.88. The van der Waals surface area contributed by atoms with Crippen LogP contribution in [0.5, 0.6) is 0 Å². The average Bonchev–Trinajstić information content (AvgIpc) is 3.24. The molecule has 246 valence electrons. The van der Waals surface area contributed by atoms with E-state index in [-0.39, 0.29) is 6.71 Å². The topological polar surface area (TPSA) is 6.48 Å². The van der Waals surface area contributed by atoms with Gasteiger partial charge in [-0.25, -0.2) is 0 Å². The number of hydrogen-bond acceptors (Lipinski definition) is 2. The van der Waals surface area contributed by atoms with Gasteiger partial charge in [-0.3, -0.25) is 0 Å². The zero-order valence-electron chi connectivity index (χ0n) is 29.0. The minimum Gasteiger partial charge on any atom is -0.311 e. The van der Waals surface area contributed by atoms with Crippen molar-refractivity contribution >= 4 is 78.8 Å². The van der Waals surface area contributed by atoms with E-state index in [1.807, 2.05) is 0 Å². The van der Waals surface area contributed by atoms with Crippen molar-refractivity contribution in [1.29, 1.82) is 0 Å². The molecule has 0 fully saturated rings. The van der Waals surface area contributed by atoms with Crippen molar-refractivity contribution in [2.45, 2.75) is 0 Å². The molecule has 2 nitrogen and oxygen atoms in total. The molecule has 9 aromatic rings. The van der Waals surface area contributed by atoms with E-state index >= 15 is 0 Å². The predicted molar refractivity (Wildman–Crippen MR) is 226 cm³/mol. The molecule has 0 atom stereocenters. The molecule has 0 radical (unpaired) electrons. The number of rotatable bonds is 4. The lowest BCUT2D eigenvalue weighted by Crippen LogP contribution is -2.61. The van der Waals surface area contributed by atoms with Crippen LogP contribution >= 0.6 is 0 Å². The summed E-state index contributed by atoms with van der Waals surface area (Å²) in [4.78, 5) is 5.07. The van der Waals surface area contributed by atoms with Gasteiger partial charge in [-0.15, -0.1) is 0 Å². The molecule has 11 rings (SSSR count). The maximum absolute atomic E-state index is 2.53. The van der Waals surface area contributed by atoms with E-state index in [9.17, 15) is 0 Å². The fourth-order valence-electron chi connectivity index (χ4n) is 8.88. The summed E-state index contributed by atoms with van der Waals surface area (Å²) in [5.74, 6) is 0. The summed E-state index contributed by atoms with van der Waals surface area (Å²) in [5, 5.41) is 4.99. The molecule has 0 aromatic heterocycles. The summed E-state index contributed by atoms with van der Waals surface area (Å²) < 4.78 is 0. The number of benzene rings is 9. The van der Waals surface area contributed by atoms with E-state index in [2.05, 4.69) is 210 Å². The van der Waals surface area contributed by atoms with Crippen LogP contribution in [-0.2, 0) is 0 Å². The smallest absolute Gasteiger partial charge is 0.252 e. The van der Waals surface area contributed by atoms with Crippen molar-refractivity contribution in [2.24, 2.45) is 0 Å². The Morgan fingerprint density at radius 3 is 1.28 bits per heavy atom. The van der Waals surface area contributed by atoms with Crippen LogP contribution in [0.15, 0.2) is 200 Å². The van der Waals surface area contributed by atoms with E-state index in [1.165, 1.54) is 82.9 Å². The van der Waals surface area contributed by atoms with Gasteiger partial charge in [0.25, 0.3) is 6.71 Å². The van der Waals surface area contributed by atoms with Crippen molar-refractivity contribution in [3.8, 4) is 22.3 Å². The third-order valence-electron chi connectivity index (χ3n) is 11.2. The molecule has 0 bridgehead atoms. The summed E-state index contributed by atoms with van der Waals surface area (Å²) >= 11 is 0. The van der Waals surface area contributed by atoms with Crippen LogP contribution in [0, 0.1) is 0 Å². The van der Waals surface area contributed by atoms with Crippen LogP contribution in [0.2, 0.25) is 0 Å². The van der Waals surface area contributed by atoms with Gasteiger partial charge in [-0.05, 0) is 91.9 Å². The quantitative estimate of drug-likeness (QED) is 0.172. The summed E-state index contributed by atoms with van der Waals surface area (Å²) in [5.41, 5.74) is 16.0. The predicted octanol–water partition coefficient (Wildman–Crippen LogP) is 11.4. The second-order valence-corrected chi connectivity index (χ2v) is 14.1. The standard InChI is InChI=1S/C50H33BN2/c1-4-15-34(16-5-1)37-19-14-20-38(31-37)39-32-46-48-47(33-39)53(41-23-8-3-9-24-41)50-43-26-13-11-18-36(43)28-30-45(50)51(48)44-29-27-35-17-10-12-25-42(35)49(44)52(46)40-21-6-2-7-22-40/h1-33H. The van der Waals surface area contributed by atoms with Crippen molar-refractivity contribution in [1.82, 2.24) is 0 Å². The zero-order valence-corrected chi connectivity index (χ0v) is 29.0. The van der Waals surface area contributed by atoms with Gasteiger partial charge >= 0.3 is 0 Å². The molecule has 0 aliphatic carbocycles. The Bertz CT molecular complexity index is 2700. The second kappa shape index (κ2) is 11.9. The molecule has 0 saturated carbocycles. The molecule has 9 aromatic carbocycles. The monoisotopic (exact) mass is 672 g/mol. The highest BCUT2D eigenvalue weighted by Gasteiger charge is 2.44. The van der Waals surface area contributed by atoms with Crippen molar-refractivity contribution in [3.63, 3.8) is 0 Å². The van der Waals surface area contributed by atoms with E-state index < -0.39 is 0 Å². The molecular formula is C50H33BN2. The van der Waals surface area contributed by atoms with Crippen LogP contribution in [0.4, 0.5) is 34.1 Å². The van der Waals surface area contributed by atoms with Crippen molar-refractivity contribution in [2.75, 3.05) is 9.80 Å². The molecule has 0 amide bonds. The van der Waals surface area contributed by atoms with Gasteiger partial charge in [0.15, 0.2) is 0 Å². The van der Waals surface area contributed by atoms with Gasteiger partial charge in [0.05, 0.1) is 0 Å². The fraction of sp³-hybridized carbons (Fsp3) is 0. The minimum absolute atomic E-state index is 0.0313. The largest absolute Gasteiger partial charge is 0.311 e. The number of hydrogen-bond donors (Lipinski definition) is 0. The third-order valence-corrected chi connectivity index (χ3v) is 11.2. The van der Waals surface area contributed by atoms with Gasteiger partial charge in [-0.2, -0.15) is 0 Å². The van der Waals surface area contributed by atoms with E-state index in [4.69, 9.17) is 0 Å². The molecule has 2 aliphatic heterocycles. The van der Waals surface area contributed by atoms with Gasteiger partial charge in [0.2, 0.25) is 0 Å². The normalized spacial score (nSPS) is 12.8. The Labute approximate surface area is 309 Å². The lowest BCUT2D eigenvalue weighted by Gasteiger charge is -2.45. The summed E-state index contributed by atoms with van der Waals surface area (Å²) in [6.07, 6.45) is 0. The highest BCUT2D eigenvalue weighted by molar-refractivity contribution is 7.00. The number of nitrogens with zero attached hydrogens (tertiary/aromatic N) is 2. The molecule has 0 spiro atoms. The zero-order chi connectivity index (χ0) is 34.9. The van der Waals surface area contributed by atoms with Crippen LogP contribution < -0.4 is 26.2 Å². The Hall–Kier alpha value is -6.84. The Kier molecular flexibility index (Phi) is 6.68. The average molecular weight is 673 g/mol. The maximum Gasteiger partial charge on any atom is 0.252 e. The van der Waals surface area contributed by atoms with Gasteiger partial charge in [0, 0.05) is 44.9 Å². The molecule has 3 heteroatoms. The SMILES string of the molecule is c1ccc(-c2cccc(-c3cc4c5c(c3)N(c3ccccc3)c3c(ccc6ccccc36)B5c3ccc5ccccc5c3N4c3ccccc3)c2)cc1. The van der Waals surface area contributed by atoms with Crippen molar-refractivity contribution in [3.05, 3.63) is 200 Å². The van der Waals surface area contributed by atoms with E-state index in [0.717, 1.165) is 11.4 Å². The molecule has 2 heterocycles. The molecule has 0 unspecified atom stereocenters. The van der Waals surface area contributed by atoms with Gasteiger partial charge < -0.3 is 9.80 Å². The van der Waals surface area contributed by atoms with E-state index in [1.54, 1.807) is 0 Å². The first-order chi connectivity index (χ1) is 26.3. The lowest BCUT2D eigenvalue weighted by atomic mass is 9.33. The molecule has 0 saturated heterocycles. The first-order valence-corrected chi connectivity index (χ1v) is 18.4.